The molecule has 1 aromatic carbocycles. The van der Waals surface area contributed by atoms with Crippen molar-refractivity contribution in [2.75, 3.05) is 6.61 Å². The van der Waals surface area contributed by atoms with Gasteiger partial charge in [0.1, 0.15) is 11.5 Å². The monoisotopic (exact) mass is 180 g/mol. The van der Waals surface area contributed by atoms with Crippen LogP contribution in [0.3, 0.4) is 0 Å². The molecule has 0 atom stereocenters. The molecule has 0 aliphatic heterocycles. The average molecular weight is 180 g/mol. The first-order chi connectivity index (χ1) is 6.22. The van der Waals surface area contributed by atoms with Crippen molar-refractivity contribution in [2.45, 2.75) is 26.9 Å². The third kappa shape index (κ3) is 3.36. The first-order valence-corrected chi connectivity index (χ1v) is 4.62. The molecule has 1 rings (SSSR count). The summed E-state index contributed by atoms with van der Waals surface area (Å²) in [5.74, 6) is 1.72. The van der Waals surface area contributed by atoms with Gasteiger partial charge in [-0.05, 0) is 32.9 Å². The van der Waals surface area contributed by atoms with Crippen LogP contribution in [-0.2, 0) is 0 Å². The van der Waals surface area contributed by atoms with Crippen molar-refractivity contribution in [2.24, 2.45) is 0 Å². The van der Waals surface area contributed by atoms with Crippen LogP contribution in [0.5, 0.6) is 11.5 Å². The van der Waals surface area contributed by atoms with E-state index in [0.717, 1.165) is 11.5 Å². The number of rotatable bonds is 4. The molecule has 0 N–H and O–H groups in total. The summed E-state index contributed by atoms with van der Waals surface area (Å²) in [7, 11) is 0. The maximum atomic E-state index is 5.52. The van der Waals surface area contributed by atoms with Gasteiger partial charge in [0.25, 0.3) is 0 Å². The minimum atomic E-state index is 0.205. The van der Waals surface area contributed by atoms with Gasteiger partial charge in [-0.3, -0.25) is 0 Å². The van der Waals surface area contributed by atoms with E-state index in [-0.39, 0.29) is 6.10 Å². The molecule has 0 radical (unpaired) electrons. The summed E-state index contributed by atoms with van der Waals surface area (Å²) in [4.78, 5) is 0. The van der Waals surface area contributed by atoms with Crippen molar-refractivity contribution in [3.05, 3.63) is 24.3 Å². The zero-order valence-corrected chi connectivity index (χ0v) is 8.41. The van der Waals surface area contributed by atoms with E-state index in [9.17, 15) is 0 Å². The molecule has 0 saturated heterocycles. The molecule has 0 heterocycles. The maximum absolute atomic E-state index is 5.52. The fourth-order valence-electron chi connectivity index (χ4n) is 1.08. The van der Waals surface area contributed by atoms with Crippen molar-refractivity contribution < 1.29 is 9.47 Å². The molecule has 2 nitrogen and oxygen atoms in total. The van der Waals surface area contributed by atoms with Gasteiger partial charge < -0.3 is 9.47 Å². The van der Waals surface area contributed by atoms with E-state index in [4.69, 9.17) is 9.47 Å². The predicted molar refractivity (Wildman–Crippen MR) is 53.4 cm³/mol. The Kier molecular flexibility index (Phi) is 3.62. The van der Waals surface area contributed by atoms with Gasteiger partial charge in [0.2, 0.25) is 0 Å². The summed E-state index contributed by atoms with van der Waals surface area (Å²) < 4.78 is 10.9. The van der Waals surface area contributed by atoms with E-state index >= 15 is 0 Å². The molecule has 0 spiro atoms. The molecular weight excluding hydrogens is 164 g/mol. The normalized spacial score (nSPS) is 10.2. The van der Waals surface area contributed by atoms with Crippen LogP contribution in [-0.4, -0.2) is 12.7 Å². The Balaban J connectivity index is 2.67. The molecule has 0 saturated carbocycles. The largest absolute Gasteiger partial charge is 0.494 e. The van der Waals surface area contributed by atoms with Crippen LogP contribution < -0.4 is 9.47 Å². The van der Waals surface area contributed by atoms with Crippen molar-refractivity contribution in [3.8, 4) is 11.5 Å². The van der Waals surface area contributed by atoms with Crippen molar-refractivity contribution in [3.63, 3.8) is 0 Å². The van der Waals surface area contributed by atoms with E-state index < -0.39 is 0 Å². The number of benzene rings is 1. The van der Waals surface area contributed by atoms with Crippen LogP contribution in [0.4, 0.5) is 0 Å². The first kappa shape index (κ1) is 9.90. The van der Waals surface area contributed by atoms with Crippen LogP contribution in [0.25, 0.3) is 0 Å². The highest BCUT2D eigenvalue weighted by Crippen LogP contribution is 2.20. The molecule has 0 aliphatic carbocycles. The fourth-order valence-corrected chi connectivity index (χ4v) is 1.08. The number of ether oxygens (including phenoxy) is 2. The highest BCUT2D eigenvalue weighted by Gasteiger charge is 1.98. The number of hydrogen-bond acceptors (Lipinski definition) is 2. The van der Waals surface area contributed by atoms with Crippen LogP contribution >= 0.6 is 0 Å². The predicted octanol–water partition coefficient (Wildman–Crippen LogP) is 2.87. The van der Waals surface area contributed by atoms with Gasteiger partial charge in [-0.25, -0.2) is 0 Å². The SMILES string of the molecule is CCOc1cccc(OC(C)C)c1. The zero-order chi connectivity index (χ0) is 9.68. The Hall–Kier alpha value is -1.18. The van der Waals surface area contributed by atoms with E-state index in [1.165, 1.54) is 0 Å². The van der Waals surface area contributed by atoms with Crippen LogP contribution in [0, 0.1) is 0 Å². The summed E-state index contributed by atoms with van der Waals surface area (Å²) in [6.45, 7) is 6.67. The molecule has 72 valence electrons. The second-order valence-corrected chi connectivity index (χ2v) is 3.07. The molecule has 0 amide bonds. The molecule has 2 heteroatoms. The van der Waals surface area contributed by atoms with E-state index in [0.29, 0.717) is 6.61 Å². The zero-order valence-electron chi connectivity index (χ0n) is 8.41. The second-order valence-electron chi connectivity index (χ2n) is 3.07. The van der Waals surface area contributed by atoms with Gasteiger partial charge in [-0.1, -0.05) is 6.07 Å². The second kappa shape index (κ2) is 4.75. The first-order valence-electron chi connectivity index (χ1n) is 4.62. The van der Waals surface area contributed by atoms with Gasteiger partial charge in [-0.2, -0.15) is 0 Å². The van der Waals surface area contributed by atoms with E-state index in [2.05, 4.69) is 0 Å². The minimum Gasteiger partial charge on any atom is -0.494 e. The highest BCUT2D eigenvalue weighted by atomic mass is 16.5. The summed E-state index contributed by atoms with van der Waals surface area (Å²) in [5.41, 5.74) is 0. The Bertz CT molecular complexity index is 256. The molecule has 1 aromatic rings. The quantitative estimate of drug-likeness (QED) is 0.709. The van der Waals surface area contributed by atoms with Gasteiger partial charge >= 0.3 is 0 Å². The summed E-state index contributed by atoms with van der Waals surface area (Å²) in [6, 6.07) is 7.70. The lowest BCUT2D eigenvalue weighted by Crippen LogP contribution is -2.05. The molecule has 13 heavy (non-hydrogen) atoms. The lowest BCUT2D eigenvalue weighted by Gasteiger charge is -2.10. The van der Waals surface area contributed by atoms with Crippen molar-refractivity contribution >= 4 is 0 Å². The van der Waals surface area contributed by atoms with Gasteiger partial charge in [0.05, 0.1) is 12.7 Å². The van der Waals surface area contributed by atoms with Crippen LogP contribution in [0.2, 0.25) is 0 Å². The lowest BCUT2D eigenvalue weighted by atomic mass is 10.3. The molecule has 0 bridgehead atoms. The fraction of sp³-hybridized carbons (Fsp3) is 0.455. The lowest BCUT2D eigenvalue weighted by molar-refractivity contribution is 0.240. The Morgan fingerprint density at radius 3 is 2.54 bits per heavy atom. The van der Waals surface area contributed by atoms with Crippen LogP contribution in [0.15, 0.2) is 24.3 Å². The Labute approximate surface area is 79.5 Å². The maximum Gasteiger partial charge on any atom is 0.123 e. The summed E-state index contributed by atoms with van der Waals surface area (Å²) in [5, 5.41) is 0. The molecule has 0 aromatic heterocycles. The smallest absolute Gasteiger partial charge is 0.123 e. The Morgan fingerprint density at radius 1 is 1.23 bits per heavy atom. The summed E-state index contributed by atoms with van der Waals surface area (Å²) >= 11 is 0. The average Bonchev–Trinajstić information content (AvgIpc) is 2.04. The third-order valence-electron chi connectivity index (χ3n) is 1.49. The van der Waals surface area contributed by atoms with Crippen LogP contribution in [0.1, 0.15) is 20.8 Å². The highest BCUT2D eigenvalue weighted by molar-refractivity contribution is 5.32. The topological polar surface area (TPSA) is 18.5 Å². The molecular formula is C11H16O2. The summed E-state index contributed by atoms with van der Waals surface area (Å²) in [6.07, 6.45) is 0.205. The van der Waals surface area contributed by atoms with Gasteiger partial charge in [0.15, 0.2) is 0 Å². The standard InChI is InChI=1S/C11H16O2/c1-4-12-10-6-5-7-11(8-10)13-9(2)3/h5-9H,4H2,1-3H3. The third-order valence-corrected chi connectivity index (χ3v) is 1.49. The van der Waals surface area contributed by atoms with Gasteiger partial charge in [0, 0.05) is 6.07 Å². The molecule has 0 unspecified atom stereocenters. The van der Waals surface area contributed by atoms with E-state index in [1.807, 2.05) is 45.0 Å². The van der Waals surface area contributed by atoms with Crippen molar-refractivity contribution in [1.82, 2.24) is 0 Å². The number of hydrogen-bond donors (Lipinski definition) is 0. The Morgan fingerprint density at radius 2 is 1.92 bits per heavy atom. The van der Waals surface area contributed by atoms with E-state index in [1.54, 1.807) is 0 Å². The van der Waals surface area contributed by atoms with Gasteiger partial charge in [-0.15, -0.1) is 0 Å². The molecule has 0 fully saturated rings. The van der Waals surface area contributed by atoms with Crippen molar-refractivity contribution in [1.29, 1.82) is 0 Å². The minimum absolute atomic E-state index is 0.205. The molecule has 0 aliphatic rings.